The molecular weight excluding hydrogens is 454 g/mol. The van der Waals surface area contributed by atoms with Crippen LogP contribution >= 0.6 is 15.9 Å². The number of rotatable bonds is 3. The van der Waals surface area contributed by atoms with Gasteiger partial charge in [-0.1, -0.05) is 50.5 Å². The Hall–Kier alpha value is -2.34. The molecule has 0 unspecified atom stereocenters. The lowest BCUT2D eigenvalue weighted by Crippen LogP contribution is -2.30. The molecule has 2 aromatic carbocycles. The van der Waals surface area contributed by atoms with Gasteiger partial charge in [0.05, 0.1) is 11.4 Å². The maximum Gasteiger partial charge on any atom is 0.106 e. The van der Waals surface area contributed by atoms with E-state index in [1.54, 1.807) is 14.2 Å². The van der Waals surface area contributed by atoms with E-state index in [0.717, 1.165) is 37.1 Å². The van der Waals surface area contributed by atoms with E-state index >= 15 is 0 Å². The van der Waals surface area contributed by atoms with Gasteiger partial charge < -0.3 is 14.6 Å². The highest BCUT2D eigenvalue weighted by atomic mass is 79.9. The zero-order valence-corrected chi connectivity index (χ0v) is 20.0. The van der Waals surface area contributed by atoms with E-state index in [9.17, 15) is 0 Å². The molecule has 0 bridgehead atoms. The zero-order valence-electron chi connectivity index (χ0n) is 18.4. The van der Waals surface area contributed by atoms with Crippen LogP contribution in [0.1, 0.15) is 54.4 Å². The number of benzene rings is 2. The Kier molecular flexibility index (Phi) is 7.28. The third-order valence-corrected chi connectivity index (χ3v) is 6.96. The summed E-state index contributed by atoms with van der Waals surface area (Å²) in [5.41, 5.74) is 8.91. The summed E-state index contributed by atoms with van der Waals surface area (Å²) in [4.78, 5) is 12.3. The lowest BCUT2D eigenvalue weighted by Gasteiger charge is -2.30. The summed E-state index contributed by atoms with van der Waals surface area (Å²) in [7, 11) is 3.21. The number of hydrogen-bond acceptors (Lipinski definition) is 5. The molecule has 6 heteroatoms. The largest absolute Gasteiger partial charge is 0.399 e. The fraction of sp³-hybridized carbons (Fsp3) is 0.440. The lowest BCUT2D eigenvalue weighted by molar-refractivity contribution is 0.213. The summed E-state index contributed by atoms with van der Waals surface area (Å²) in [6, 6.07) is 12.8. The van der Waals surface area contributed by atoms with Crippen LogP contribution in [0, 0.1) is 0 Å². The van der Waals surface area contributed by atoms with E-state index in [2.05, 4.69) is 61.5 Å². The first-order valence-corrected chi connectivity index (χ1v) is 11.9. The predicted molar refractivity (Wildman–Crippen MR) is 130 cm³/mol. The number of fused-ring (bicyclic) bond motifs is 2. The summed E-state index contributed by atoms with van der Waals surface area (Å²) >= 11 is 3.53. The first-order chi connectivity index (χ1) is 15.2. The lowest BCUT2D eigenvalue weighted by atomic mass is 10.0. The second kappa shape index (κ2) is 10.3. The zero-order chi connectivity index (χ0) is 21.6. The Morgan fingerprint density at radius 1 is 0.742 bits per heavy atom. The van der Waals surface area contributed by atoms with Crippen molar-refractivity contribution in [1.82, 2.24) is 0 Å². The molecule has 2 aliphatic carbocycles. The van der Waals surface area contributed by atoms with Gasteiger partial charge in [-0.2, -0.15) is 0 Å². The molecule has 0 amide bonds. The molecule has 0 spiro atoms. The molecule has 1 heterocycles. The van der Waals surface area contributed by atoms with Gasteiger partial charge in [-0.05, 0) is 68.2 Å². The summed E-state index contributed by atoms with van der Waals surface area (Å²) < 4.78 is 1.17. The molecule has 5 nitrogen and oxygen atoms in total. The molecule has 0 N–H and O–H groups in total. The molecule has 1 aliphatic heterocycles. The Morgan fingerprint density at radius 2 is 1.32 bits per heavy atom. The van der Waals surface area contributed by atoms with Crippen molar-refractivity contribution in [3.05, 3.63) is 63.1 Å². The minimum Gasteiger partial charge on any atom is -0.399 e. The molecule has 5 rings (SSSR count). The SMILES string of the molecule is CON=C1CCc2c(Br)cccc21.CON=C1CCc2c1cccc2N1CCCCC1. The molecule has 31 heavy (non-hydrogen) atoms. The Labute approximate surface area is 193 Å². The molecule has 2 aromatic rings. The molecule has 0 atom stereocenters. The van der Waals surface area contributed by atoms with Crippen LogP contribution in [0.15, 0.2) is 51.2 Å². The van der Waals surface area contributed by atoms with Gasteiger partial charge in [-0.3, -0.25) is 0 Å². The van der Waals surface area contributed by atoms with Crippen LogP contribution in [-0.2, 0) is 22.5 Å². The first kappa shape index (κ1) is 21.9. The second-order valence-corrected chi connectivity index (χ2v) is 8.91. The van der Waals surface area contributed by atoms with E-state index < -0.39 is 0 Å². The highest BCUT2D eigenvalue weighted by molar-refractivity contribution is 9.10. The number of piperidine rings is 1. The molecule has 1 saturated heterocycles. The number of nitrogens with zero attached hydrogens (tertiary/aromatic N) is 3. The molecule has 1 fully saturated rings. The topological polar surface area (TPSA) is 46.4 Å². The number of hydrogen-bond donors (Lipinski definition) is 0. The van der Waals surface area contributed by atoms with Crippen molar-refractivity contribution in [3.8, 4) is 0 Å². The minimum absolute atomic E-state index is 0.978. The van der Waals surface area contributed by atoms with Crippen LogP contribution in [0.2, 0.25) is 0 Å². The van der Waals surface area contributed by atoms with E-state index in [-0.39, 0.29) is 0 Å². The molecule has 0 aromatic heterocycles. The summed E-state index contributed by atoms with van der Waals surface area (Å²) in [5, 5.41) is 8.15. The van der Waals surface area contributed by atoms with Crippen molar-refractivity contribution in [2.45, 2.75) is 44.9 Å². The van der Waals surface area contributed by atoms with Crippen molar-refractivity contribution in [3.63, 3.8) is 0 Å². The van der Waals surface area contributed by atoms with Crippen LogP contribution in [0.25, 0.3) is 0 Å². The molecule has 0 radical (unpaired) electrons. The maximum atomic E-state index is 4.94. The van der Waals surface area contributed by atoms with Crippen molar-refractivity contribution in [2.75, 3.05) is 32.2 Å². The van der Waals surface area contributed by atoms with Gasteiger partial charge in [0.25, 0.3) is 0 Å². The average molecular weight is 484 g/mol. The van der Waals surface area contributed by atoms with Crippen molar-refractivity contribution in [1.29, 1.82) is 0 Å². The van der Waals surface area contributed by atoms with Crippen LogP contribution in [-0.4, -0.2) is 38.7 Å². The standard InChI is InChI=1S/C15H20N2O.C10H10BrNO/c1-18-16-14-9-8-13-12(14)6-5-7-15(13)17-10-3-2-4-11-17;1-13-12-10-6-5-7-8(10)3-2-4-9(7)11/h5-7H,2-4,8-11H2,1H3;2-4H,5-6H2,1H3. The minimum atomic E-state index is 0.978. The van der Waals surface area contributed by atoms with Gasteiger partial charge in [0, 0.05) is 34.4 Å². The van der Waals surface area contributed by atoms with E-state index in [4.69, 9.17) is 9.68 Å². The van der Waals surface area contributed by atoms with Gasteiger partial charge in [0.15, 0.2) is 0 Å². The average Bonchev–Trinajstić information content (AvgIpc) is 3.41. The molecular formula is C25H30BrN3O2. The summed E-state index contributed by atoms with van der Waals surface area (Å²) in [5.74, 6) is 0. The van der Waals surface area contributed by atoms with Crippen molar-refractivity contribution >= 4 is 33.0 Å². The maximum absolute atomic E-state index is 4.94. The highest BCUT2D eigenvalue weighted by Gasteiger charge is 2.24. The Balaban J connectivity index is 0.000000158. The summed E-state index contributed by atoms with van der Waals surface area (Å²) in [6.07, 6.45) is 8.16. The molecule has 164 valence electrons. The quantitative estimate of drug-likeness (QED) is 0.524. The highest BCUT2D eigenvalue weighted by Crippen LogP contribution is 2.33. The fourth-order valence-corrected chi connectivity index (χ4v) is 5.35. The monoisotopic (exact) mass is 483 g/mol. The van der Waals surface area contributed by atoms with E-state index in [1.165, 1.54) is 64.8 Å². The normalized spacial score (nSPS) is 19.6. The smallest absolute Gasteiger partial charge is 0.106 e. The van der Waals surface area contributed by atoms with Crippen LogP contribution < -0.4 is 4.90 Å². The number of halogens is 1. The third-order valence-electron chi connectivity index (χ3n) is 6.22. The third kappa shape index (κ3) is 4.79. The van der Waals surface area contributed by atoms with Crippen LogP contribution in [0.4, 0.5) is 5.69 Å². The fourth-order valence-electron chi connectivity index (χ4n) is 4.79. The Bertz CT molecular complexity index is 981. The second-order valence-electron chi connectivity index (χ2n) is 8.06. The van der Waals surface area contributed by atoms with E-state index in [0.29, 0.717) is 0 Å². The predicted octanol–water partition coefficient (Wildman–Crippen LogP) is 5.72. The van der Waals surface area contributed by atoms with Gasteiger partial charge in [-0.15, -0.1) is 0 Å². The van der Waals surface area contributed by atoms with Crippen LogP contribution in [0.3, 0.4) is 0 Å². The van der Waals surface area contributed by atoms with Gasteiger partial charge in [0.2, 0.25) is 0 Å². The Morgan fingerprint density at radius 3 is 1.97 bits per heavy atom. The number of oxime groups is 2. The number of anilines is 1. The van der Waals surface area contributed by atoms with E-state index in [1.807, 2.05) is 6.07 Å². The van der Waals surface area contributed by atoms with Crippen molar-refractivity contribution < 1.29 is 9.68 Å². The molecule has 0 saturated carbocycles. The molecule has 3 aliphatic rings. The van der Waals surface area contributed by atoms with Crippen LogP contribution in [0.5, 0.6) is 0 Å². The first-order valence-electron chi connectivity index (χ1n) is 11.1. The summed E-state index contributed by atoms with van der Waals surface area (Å²) in [6.45, 7) is 2.40. The van der Waals surface area contributed by atoms with Crippen molar-refractivity contribution in [2.24, 2.45) is 10.3 Å². The van der Waals surface area contributed by atoms with Gasteiger partial charge >= 0.3 is 0 Å². The van der Waals surface area contributed by atoms with Gasteiger partial charge in [0.1, 0.15) is 14.2 Å². The van der Waals surface area contributed by atoms with Gasteiger partial charge in [-0.25, -0.2) is 0 Å².